The number of hydrogen-bond donors (Lipinski definition) is 0. The van der Waals surface area contributed by atoms with Crippen LogP contribution < -0.4 is 14.6 Å². The van der Waals surface area contributed by atoms with E-state index in [0.29, 0.717) is 53.1 Å². The molecule has 0 aliphatic carbocycles. The predicted octanol–water partition coefficient (Wildman–Crippen LogP) is 3.39. The number of thiocarbonyl (C=S) groups is 1. The molecule has 1 saturated heterocycles. The van der Waals surface area contributed by atoms with Crippen LogP contribution in [0.4, 0.5) is 0 Å². The van der Waals surface area contributed by atoms with Crippen molar-refractivity contribution >= 4 is 46.3 Å². The molecule has 0 radical (unpaired) electrons. The van der Waals surface area contributed by atoms with E-state index in [1.165, 1.54) is 11.8 Å². The minimum atomic E-state index is -1.05. The number of ether oxygens (including phenoxy) is 2. The molecule has 1 aromatic carbocycles. The second-order valence-electron chi connectivity index (χ2n) is 6.63. The Labute approximate surface area is 181 Å². The Morgan fingerprint density at radius 3 is 2.72 bits per heavy atom. The molecule has 158 valence electrons. The number of carboxylic acid groups (broad SMARTS) is 1. The van der Waals surface area contributed by atoms with Crippen LogP contribution >= 0.6 is 24.0 Å². The lowest BCUT2D eigenvalue weighted by atomic mass is 10.1. The SMILES string of the molecule is CCCCOc1ccc(/C=C2\SC(=S)N(CCCCCC(=O)[O-])C2=O)cc1OC. The number of hydrogen-bond acceptors (Lipinski definition) is 7. The molecule has 2 rings (SSSR count). The summed E-state index contributed by atoms with van der Waals surface area (Å²) in [6, 6.07) is 5.57. The highest BCUT2D eigenvalue weighted by molar-refractivity contribution is 8.26. The van der Waals surface area contributed by atoms with Crippen LogP contribution in [0.2, 0.25) is 0 Å². The molecule has 29 heavy (non-hydrogen) atoms. The standard InChI is InChI=1S/C21H27NO5S2/c1-3-4-12-27-16-10-9-15(13-17(16)26-2)14-18-20(25)22(21(28)29-18)11-7-5-6-8-19(23)24/h9-10,13-14H,3-8,11-12H2,1-2H3,(H,23,24)/p-1/b18-14-. The van der Waals surface area contributed by atoms with Gasteiger partial charge in [0.25, 0.3) is 5.91 Å². The molecule has 1 aliphatic rings. The number of carbonyl (C=O) groups is 2. The minimum absolute atomic E-state index is 0.0400. The van der Waals surface area contributed by atoms with E-state index in [1.54, 1.807) is 18.1 Å². The normalized spacial score (nSPS) is 15.2. The van der Waals surface area contributed by atoms with E-state index in [4.69, 9.17) is 21.7 Å². The monoisotopic (exact) mass is 436 g/mol. The molecule has 0 bridgehead atoms. The van der Waals surface area contributed by atoms with Crippen LogP contribution in [0.5, 0.6) is 11.5 Å². The molecule has 0 spiro atoms. The van der Waals surface area contributed by atoms with E-state index in [9.17, 15) is 14.7 Å². The first-order valence-corrected chi connectivity index (χ1v) is 10.9. The van der Waals surface area contributed by atoms with Crippen molar-refractivity contribution in [3.63, 3.8) is 0 Å². The van der Waals surface area contributed by atoms with Crippen molar-refractivity contribution in [2.45, 2.75) is 45.4 Å². The highest BCUT2D eigenvalue weighted by Gasteiger charge is 2.31. The van der Waals surface area contributed by atoms with Crippen molar-refractivity contribution in [1.29, 1.82) is 0 Å². The number of benzene rings is 1. The molecule has 8 heteroatoms. The smallest absolute Gasteiger partial charge is 0.266 e. The Morgan fingerprint density at radius 1 is 1.24 bits per heavy atom. The van der Waals surface area contributed by atoms with E-state index in [-0.39, 0.29) is 12.3 Å². The van der Waals surface area contributed by atoms with Crippen LogP contribution in [-0.2, 0) is 9.59 Å². The average molecular weight is 437 g/mol. The first kappa shape index (κ1) is 23.2. The number of thioether (sulfide) groups is 1. The van der Waals surface area contributed by atoms with Crippen molar-refractivity contribution in [3.8, 4) is 11.5 Å². The second-order valence-corrected chi connectivity index (χ2v) is 8.30. The summed E-state index contributed by atoms with van der Waals surface area (Å²) in [6.07, 6.45) is 5.82. The fourth-order valence-electron chi connectivity index (χ4n) is 2.78. The quantitative estimate of drug-likeness (QED) is 0.282. The van der Waals surface area contributed by atoms with Gasteiger partial charge in [0, 0.05) is 12.5 Å². The summed E-state index contributed by atoms with van der Waals surface area (Å²) >= 11 is 6.61. The van der Waals surface area contributed by atoms with Crippen LogP contribution in [0.1, 0.15) is 51.0 Å². The van der Waals surface area contributed by atoms with Crippen LogP contribution in [0.3, 0.4) is 0 Å². The van der Waals surface area contributed by atoms with Crippen molar-refractivity contribution in [2.24, 2.45) is 0 Å². The summed E-state index contributed by atoms with van der Waals surface area (Å²) in [5.41, 5.74) is 0.833. The summed E-state index contributed by atoms with van der Waals surface area (Å²) < 4.78 is 11.7. The first-order chi connectivity index (χ1) is 14.0. The van der Waals surface area contributed by atoms with E-state index in [1.807, 2.05) is 18.2 Å². The van der Waals surface area contributed by atoms with Gasteiger partial charge in [-0.3, -0.25) is 9.69 Å². The number of aliphatic carboxylic acids is 1. The third-order valence-corrected chi connectivity index (χ3v) is 5.75. The number of carboxylic acids is 1. The zero-order chi connectivity index (χ0) is 21.2. The van der Waals surface area contributed by atoms with E-state index < -0.39 is 5.97 Å². The van der Waals surface area contributed by atoms with Crippen molar-refractivity contribution in [3.05, 3.63) is 28.7 Å². The maximum atomic E-state index is 12.7. The topological polar surface area (TPSA) is 78.9 Å². The predicted molar refractivity (Wildman–Crippen MR) is 117 cm³/mol. The third kappa shape index (κ3) is 7.04. The number of unbranched alkanes of at least 4 members (excludes halogenated alkanes) is 3. The molecule has 1 heterocycles. The fourth-order valence-corrected chi connectivity index (χ4v) is 4.09. The van der Waals surface area contributed by atoms with Gasteiger partial charge >= 0.3 is 0 Å². The Kier molecular flexibility index (Phi) is 9.47. The summed E-state index contributed by atoms with van der Waals surface area (Å²) in [5.74, 6) is 0.137. The molecule has 0 aromatic heterocycles. The molecule has 0 unspecified atom stereocenters. The van der Waals surface area contributed by atoms with Gasteiger partial charge in [-0.1, -0.05) is 49.8 Å². The van der Waals surface area contributed by atoms with Crippen molar-refractivity contribution in [2.75, 3.05) is 20.3 Å². The van der Waals surface area contributed by atoms with Gasteiger partial charge in [0.15, 0.2) is 11.5 Å². The number of carbonyl (C=O) groups excluding carboxylic acids is 2. The zero-order valence-electron chi connectivity index (χ0n) is 16.8. The average Bonchev–Trinajstić information content (AvgIpc) is 2.95. The third-order valence-electron chi connectivity index (χ3n) is 4.38. The lowest BCUT2D eigenvalue weighted by molar-refractivity contribution is -0.305. The second kappa shape index (κ2) is 11.8. The fraction of sp³-hybridized carbons (Fsp3) is 0.476. The largest absolute Gasteiger partial charge is 0.550 e. The molecule has 1 fully saturated rings. The van der Waals surface area contributed by atoms with Crippen LogP contribution in [0.15, 0.2) is 23.1 Å². The highest BCUT2D eigenvalue weighted by Crippen LogP contribution is 2.35. The van der Waals surface area contributed by atoms with Gasteiger partial charge in [-0.2, -0.15) is 0 Å². The number of amides is 1. The Bertz CT molecular complexity index is 778. The molecular formula is C21H26NO5S2-. The Hall–Kier alpha value is -2.06. The summed E-state index contributed by atoms with van der Waals surface area (Å²) in [5, 5.41) is 10.4. The summed E-state index contributed by atoms with van der Waals surface area (Å²) in [7, 11) is 1.59. The Morgan fingerprint density at radius 2 is 2.03 bits per heavy atom. The molecular weight excluding hydrogens is 410 g/mol. The van der Waals surface area contributed by atoms with Crippen LogP contribution in [-0.4, -0.2) is 41.4 Å². The van der Waals surface area contributed by atoms with Gasteiger partial charge in [0.2, 0.25) is 0 Å². The molecule has 1 aliphatic heterocycles. The number of methoxy groups -OCH3 is 1. The molecule has 0 saturated carbocycles. The van der Waals surface area contributed by atoms with Gasteiger partial charge in [-0.05, 0) is 49.5 Å². The maximum absolute atomic E-state index is 12.7. The minimum Gasteiger partial charge on any atom is -0.550 e. The van der Waals surface area contributed by atoms with Crippen LogP contribution in [0, 0.1) is 0 Å². The molecule has 0 N–H and O–H groups in total. The van der Waals surface area contributed by atoms with Gasteiger partial charge < -0.3 is 19.4 Å². The lowest BCUT2D eigenvalue weighted by Gasteiger charge is -2.14. The lowest BCUT2D eigenvalue weighted by Crippen LogP contribution is -2.29. The molecule has 1 amide bonds. The van der Waals surface area contributed by atoms with Gasteiger partial charge in [-0.25, -0.2) is 0 Å². The number of nitrogens with zero attached hydrogens (tertiary/aromatic N) is 1. The van der Waals surface area contributed by atoms with Crippen molar-refractivity contribution in [1.82, 2.24) is 4.90 Å². The zero-order valence-corrected chi connectivity index (χ0v) is 18.4. The first-order valence-electron chi connectivity index (χ1n) is 9.72. The maximum Gasteiger partial charge on any atom is 0.266 e. The van der Waals surface area contributed by atoms with E-state index in [2.05, 4.69) is 6.92 Å². The molecule has 0 atom stereocenters. The van der Waals surface area contributed by atoms with E-state index in [0.717, 1.165) is 18.4 Å². The summed E-state index contributed by atoms with van der Waals surface area (Å²) in [6.45, 7) is 3.23. The molecule has 1 aromatic rings. The van der Waals surface area contributed by atoms with E-state index >= 15 is 0 Å². The van der Waals surface area contributed by atoms with Gasteiger partial charge in [0.05, 0.1) is 18.6 Å². The van der Waals surface area contributed by atoms with Gasteiger partial charge in [-0.15, -0.1) is 0 Å². The van der Waals surface area contributed by atoms with Gasteiger partial charge in [0.1, 0.15) is 4.32 Å². The van der Waals surface area contributed by atoms with Crippen LogP contribution in [0.25, 0.3) is 6.08 Å². The highest BCUT2D eigenvalue weighted by atomic mass is 32.2. The number of rotatable bonds is 12. The summed E-state index contributed by atoms with van der Waals surface area (Å²) in [4.78, 5) is 25.3. The van der Waals surface area contributed by atoms with Crippen molar-refractivity contribution < 1.29 is 24.2 Å². The molecule has 6 nitrogen and oxygen atoms in total. The Balaban J connectivity index is 2.00.